The lowest BCUT2D eigenvalue weighted by atomic mass is 9.44. The number of halogens is 2. The number of hydrogen-bond acceptors (Lipinski definition) is 4. The van der Waals surface area contributed by atoms with Crippen molar-refractivity contribution < 1.29 is 9.53 Å². The summed E-state index contributed by atoms with van der Waals surface area (Å²) in [7, 11) is 1.74. The molecule has 5 nitrogen and oxygen atoms in total. The molecule has 1 aliphatic heterocycles. The molecule has 4 saturated carbocycles. The van der Waals surface area contributed by atoms with E-state index in [9.17, 15) is 4.79 Å². The van der Waals surface area contributed by atoms with E-state index in [-0.39, 0.29) is 24.8 Å². The van der Waals surface area contributed by atoms with Gasteiger partial charge in [0.2, 0.25) is 5.91 Å². The van der Waals surface area contributed by atoms with E-state index >= 15 is 0 Å². The third kappa shape index (κ3) is 5.74. The normalized spacial score (nSPS) is 32.6. The molecule has 186 valence electrons. The van der Waals surface area contributed by atoms with Crippen LogP contribution in [0.5, 0.6) is 5.75 Å². The Morgan fingerprint density at radius 2 is 1.73 bits per heavy atom. The van der Waals surface area contributed by atoms with Crippen LogP contribution in [0.25, 0.3) is 0 Å². The molecular weight excluding hydrogens is 457 g/mol. The van der Waals surface area contributed by atoms with Crippen molar-refractivity contribution in [1.82, 2.24) is 10.2 Å². The van der Waals surface area contributed by atoms with Crippen LogP contribution in [0.1, 0.15) is 51.9 Å². The second-order valence-electron chi connectivity index (χ2n) is 11.3. The predicted molar refractivity (Wildman–Crippen MR) is 139 cm³/mol. The van der Waals surface area contributed by atoms with E-state index in [1.165, 1.54) is 44.2 Å². The molecule has 1 saturated heterocycles. The van der Waals surface area contributed by atoms with Crippen LogP contribution in [0.4, 0.5) is 5.69 Å². The van der Waals surface area contributed by atoms with Gasteiger partial charge in [0.25, 0.3) is 0 Å². The number of amides is 1. The van der Waals surface area contributed by atoms with E-state index < -0.39 is 0 Å². The number of para-hydroxylation sites is 2. The minimum absolute atomic E-state index is 0. The molecule has 5 fully saturated rings. The van der Waals surface area contributed by atoms with Crippen molar-refractivity contribution >= 4 is 36.4 Å². The van der Waals surface area contributed by atoms with E-state index in [4.69, 9.17) is 4.74 Å². The number of anilines is 1. The van der Waals surface area contributed by atoms with Crippen LogP contribution < -0.4 is 15.0 Å². The Labute approximate surface area is 211 Å². The Kier molecular flexibility index (Phi) is 8.51. The summed E-state index contributed by atoms with van der Waals surface area (Å²) in [6.07, 6.45) is 8.90. The maximum Gasteiger partial charge on any atom is 0.220 e. The lowest BCUT2D eigenvalue weighted by Crippen LogP contribution is -2.52. The van der Waals surface area contributed by atoms with Crippen molar-refractivity contribution in [2.24, 2.45) is 22.7 Å². The molecule has 33 heavy (non-hydrogen) atoms. The molecule has 7 heteroatoms. The van der Waals surface area contributed by atoms with Gasteiger partial charge in [-0.2, -0.15) is 0 Å². The van der Waals surface area contributed by atoms with E-state index in [2.05, 4.69) is 34.2 Å². The first-order chi connectivity index (χ1) is 15.0. The molecule has 4 bridgehead atoms. The fourth-order valence-electron chi connectivity index (χ4n) is 8.00. The lowest BCUT2D eigenvalue weighted by Gasteiger charge is -2.61. The fourth-order valence-corrected chi connectivity index (χ4v) is 8.00. The molecular formula is C26H41Cl2N3O2. The molecule has 4 atom stereocenters. The molecule has 1 heterocycles. The lowest BCUT2D eigenvalue weighted by molar-refractivity contribution is -0.136. The number of ether oxygens (including phenoxy) is 1. The highest BCUT2D eigenvalue weighted by atomic mass is 35.5. The van der Waals surface area contributed by atoms with Crippen LogP contribution in [-0.2, 0) is 4.79 Å². The first-order valence-corrected chi connectivity index (χ1v) is 12.3. The number of nitrogens with zero attached hydrogens (tertiary/aromatic N) is 2. The van der Waals surface area contributed by atoms with Gasteiger partial charge in [-0.3, -0.25) is 9.69 Å². The second-order valence-corrected chi connectivity index (χ2v) is 11.3. The topological polar surface area (TPSA) is 44.8 Å². The Morgan fingerprint density at radius 3 is 2.36 bits per heavy atom. The molecule has 4 aliphatic carbocycles. The number of nitrogens with one attached hydrogen (secondary N) is 1. The number of carbonyl (C=O) groups is 1. The largest absolute Gasteiger partial charge is 0.495 e. The summed E-state index contributed by atoms with van der Waals surface area (Å²) in [6, 6.07) is 8.26. The van der Waals surface area contributed by atoms with Gasteiger partial charge in [-0.1, -0.05) is 19.1 Å². The first kappa shape index (κ1) is 26.4. The average molecular weight is 499 g/mol. The Bertz CT molecular complexity index is 798. The van der Waals surface area contributed by atoms with Gasteiger partial charge in [0.15, 0.2) is 0 Å². The number of piperazine rings is 1. The maximum atomic E-state index is 12.8. The number of rotatable bonds is 7. The molecule has 6 rings (SSSR count). The summed E-state index contributed by atoms with van der Waals surface area (Å²) < 4.78 is 5.52. The van der Waals surface area contributed by atoms with E-state index in [1.807, 2.05) is 12.1 Å². The van der Waals surface area contributed by atoms with Crippen molar-refractivity contribution in [1.29, 1.82) is 0 Å². The highest BCUT2D eigenvalue weighted by Crippen LogP contribution is 2.66. The molecule has 1 N–H and O–H groups in total. The number of carbonyl (C=O) groups excluding carboxylic acids is 1. The third-order valence-corrected chi connectivity index (χ3v) is 8.56. The van der Waals surface area contributed by atoms with Gasteiger partial charge in [0.05, 0.1) is 12.8 Å². The molecule has 2 unspecified atom stereocenters. The summed E-state index contributed by atoms with van der Waals surface area (Å²) in [5.74, 6) is 3.01. The first-order valence-electron chi connectivity index (χ1n) is 12.3. The number of benzene rings is 1. The zero-order valence-corrected chi connectivity index (χ0v) is 21.8. The molecule has 1 aromatic rings. The zero-order chi connectivity index (χ0) is 21.5. The molecule has 5 aliphatic rings. The average Bonchev–Trinajstić information content (AvgIpc) is 2.72. The summed E-state index contributed by atoms with van der Waals surface area (Å²) >= 11 is 0. The van der Waals surface area contributed by atoms with Crippen molar-refractivity contribution in [3.05, 3.63) is 24.3 Å². The van der Waals surface area contributed by atoms with Gasteiger partial charge in [0, 0.05) is 45.7 Å². The Hall–Kier alpha value is -1.17. The van der Waals surface area contributed by atoms with Crippen LogP contribution in [0.2, 0.25) is 0 Å². The van der Waals surface area contributed by atoms with Crippen LogP contribution in [0.15, 0.2) is 24.3 Å². The fraction of sp³-hybridized carbons (Fsp3) is 0.731. The van der Waals surface area contributed by atoms with Crippen LogP contribution in [0, 0.1) is 22.7 Å². The Morgan fingerprint density at radius 1 is 1.06 bits per heavy atom. The Balaban J connectivity index is 0.00000153. The molecule has 1 aromatic carbocycles. The monoisotopic (exact) mass is 497 g/mol. The number of hydrogen-bond donors (Lipinski definition) is 1. The van der Waals surface area contributed by atoms with Crippen molar-refractivity contribution in [3.63, 3.8) is 0 Å². The highest BCUT2D eigenvalue weighted by molar-refractivity contribution is 5.85. The summed E-state index contributed by atoms with van der Waals surface area (Å²) in [5, 5.41) is 3.26. The predicted octanol–water partition coefficient (Wildman–Crippen LogP) is 4.77. The van der Waals surface area contributed by atoms with Crippen molar-refractivity contribution in [2.45, 2.75) is 51.9 Å². The quantitative estimate of drug-likeness (QED) is 0.588. The highest BCUT2D eigenvalue weighted by Gasteiger charge is 2.56. The van der Waals surface area contributed by atoms with Crippen molar-refractivity contribution in [2.75, 3.05) is 51.3 Å². The molecule has 0 radical (unpaired) electrons. The van der Waals surface area contributed by atoms with Gasteiger partial charge in [-0.05, 0) is 73.3 Å². The van der Waals surface area contributed by atoms with Crippen LogP contribution >= 0.6 is 24.8 Å². The van der Waals surface area contributed by atoms with E-state index in [0.29, 0.717) is 16.7 Å². The molecule has 0 aromatic heterocycles. The van der Waals surface area contributed by atoms with Gasteiger partial charge in [-0.15, -0.1) is 24.8 Å². The van der Waals surface area contributed by atoms with Gasteiger partial charge >= 0.3 is 0 Å². The smallest absolute Gasteiger partial charge is 0.220 e. The SMILES string of the molecule is COc1ccccc1N1CCN(CCNC(=O)CC23C[C@@H]4C[C@@H](CC(C)(C4)C2)C3)CC1.Cl.Cl. The minimum Gasteiger partial charge on any atom is -0.495 e. The minimum atomic E-state index is 0. The van der Waals surface area contributed by atoms with E-state index in [1.54, 1.807) is 7.11 Å². The molecule has 0 spiro atoms. The summed E-state index contributed by atoms with van der Waals surface area (Å²) in [4.78, 5) is 17.7. The number of methoxy groups -OCH3 is 1. The second kappa shape index (κ2) is 10.6. The zero-order valence-electron chi connectivity index (χ0n) is 20.2. The van der Waals surface area contributed by atoms with Gasteiger partial charge < -0.3 is 15.0 Å². The van der Waals surface area contributed by atoms with E-state index in [0.717, 1.165) is 63.3 Å². The maximum absolute atomic E-state index is 12.8. The third-order valence-electron chi connectivity index (χ3n) is 8.56. The summed E-state index contributed by atoms with van der Waals surface area (Å²) in [6.45, 7) is 8.26. The van der Waals surface area contributed by atoms with Crippen molar-refractivity contribution in [3.8, 4) is 5.75 Å². The van der Waals surface area contributed by atoms with Crippen LogP contribution in [-0.4, -0.2) is 57.2 Å². The van der Waals surface area contributed by atoms with Gasteiger partial charge in [-0.25, -0.2) is 0 Å². The summed E-state index contributed by atoms with van der Waals surface area (Å²) in [5.41, 5.74) is 2.01. The standard InChI is InChI=1S/C26H39N3O2.2ClH/c1-25-14-20-13-21(15-25)17-26(16-20,19-25)18-24(30)27-7-8-28-9-11-29(12-10-28)22-5-3-4-6-23(22)31-2;;/h3-6,20-21H,7-19H2,1-2H3,(H,27,30);2*1H/t20-,21+,25?,26?;;. The molecule has 1 amide bonds. The van der Waals surface area contributed by atoms with Crippen LogP contribution in [0.3, 0.4) is 0 Å². The van der Waals surface area contributed by atoms with Gasteiger partial charge in [0.1, 0.15) is 5.75 Å².